The maximum Gasteiger partial charge on any atom is 0.441 e. The van der Waals surface area contributed by atoms with E-state index in [0.717, 1.165) is 12.8 Å². The molecule has 1 aliphatic rings. The third kappa shape index (κ3) is 4.61. The zero-order chi connectivity index (χ0) is 11.4. The molecule has 1 heterocycles. The number of nitrogens with two attached hydrogens (primary N) is 1. The number of halogens is 3. The number of alkyl halides is 3. The highest BCUT2D eigenvalue weighted by molar-refractivity contribution is 8.00. The quantitative estimate of drug-likeness (QED) is 0.823. The van der Waals surface area contributed by atoms with Crippen molar-refractivity contribution in [2.24, 2.45) is 11.1 Å². The highest BCUT2D eigenvalue weighted by Gasteiger charge is 2.34. The second-order valence-corrected chi connectivity index (χ2v) is 5.06. The fourth-order valence-corrected chi connectivity index (χ4v) is 2.52. The molecule has 0 radical (unpaired) electrons. The summed E-state index contributed by atoms with van der Waals surface area (Å²) in [6.07, 6.45) is 2.25. The van der Waals surface area contributed by atoms with E-state index >= 15 is 0 Å². The fraction of sp³-hybridized carbons (Fsp3) is 1.00. The van der Waals surface area contributed by atoms with E-state index in [2.05, 4.69) is 0 Å². The molecule has 90 valence electrons. The summed E-state index contributed by atoms with van der Waals surface area (Å²) in [5.74, 6) is 0.0735. The summed E-state index contributed by atoms with van der Waals surface area (Å²) < 4.78 is 41.1. The lowest BCUT2D eigenvalue weighted by Gasteiger charge is -2.35. The molecule has 1 atom stereocenters. The van der Waals surface area contributed by atoms with Crippen LogP contribution < -0.4 is 5.73 Å². The van der Waals surface area contributed by atoms with Crippen molar-refractivity contribution in [1.82, 2.24) is 0 Å². The van der Waals surface area contributed by atoms with Crippen LogP contribution in [0, 0.1) is 5.41 Å². The summed E-state index contributed by atoms with van der Waals surface area (Å²) in [5, 5.41) is 0. The van der Waals surface area contributed by atoms with Crippen LogP contribution >= 0.6 is 11.8 Å². The van der Waals surface area contributed by atoms with Crippen LogP contribution in [0.4, 0.5) is 13.2 Å². The molecule has 1 saturated heterocycles. The van der Waals surface area contributed by atoms with Crippen molar-refractivity contribution in [3.8, 4) is 0 Å². The van der Waals surface area contributed by atoms with Crippen LogP contribution in [0.1, 0.15) is 19.3 Å². The van der Waals surface area contributed by atoms with Crippen molar-refractivity contribution < 1.29 is 17.9 Å². The zero-order valence-corrected chi connectivity index (χ0v) is 9.29. The Morgan fingerprint density at radius 3 is 2.60 bits per heavy atom. The van der Waals surface area contributed by atoms with E-state index in [9.17, 15) is 13.2 Å². The molecule has 0 aromatic heterocycles. The first-order chi connectivity index (χ1) is 6.97. The van der Waals surface area contributed by atoms with Gasteiger partial charge in [-0.1, -0.05) is 11.8 Å². The van der Waals surface area contributed by atoms with Gasteiger partial charge in [-0.15, -0.1) is 0 Å². The maximum atomic E-state index is 11.9. The molecule has 0 spiro atoms. The molecule has 6 heteroatoms. The van der Waals surface area contributed by atoms with Crippen LogP contribution in [0.2, 0.25) is 0 Å². The highest BCUT2D eigenvalue weighted by Crippen LogP contribution is 2.36. The van der Waals surface area contributed by atoms with Gasteiger partial charge in [0.1, 0.15) is 0 Å². The van der Waals surface area contributed by atoms with E-state index in [1.807, 2.05) is 0 Å². The first-order valence-corrected chi connectivity index (χ1v) is 5.95. The molecule has 0 aliphatic carbocycles. The van der Waals surface area contributed by atoms with Crippen molar-refractivity contribution in [3.63, 3.8) is 0 Å². The molecule has 1 fully saturated rings. The molecule has 0 aromatic rings. The first-order valence-electron chi connectivity index (χ1n) is 4.96. The van der Waals surface area contributed by atoms with Gasteiger partial charge in [-0.3, -0.25) is 0 Å². The average Bonchev–Trinajstić information content (AvgIpc) is 2.17. The van der Waals surface area contributed by atoms with Gasteiger partial charge in [0.25, 0.3) is 0 Å². The lowest BCUT2D eigenvalue weighted by molar-refractivity contribution is -0.0337. The SMILES string of the molecule is NCC1(CCSC(F)(F)F)CCCOC1. The Balaban J connectivity index is 2.33. The van der Waals surface area contributed by atoms with E-state index in [0.29, 0.717) is 26.2 Å². The second kappa shape index (κ2) is 5.41. The summed E-state index contributed by atoms with van der Waals surface area (Å²) in [5.41, 5.74) is 1.26. The Labute approximate surface area is 91.7 Å². The lowest BCUT2D eigenvalue weighted by atomic mass is 9.80. The molecule has 15 heavy (non-hydrogen) atoms. The van der Waals surface area contributed by atoms with Crippen LogP contribution in [0.15, 0.2) is 0 Å². The van der Waals surface area contributed by atoms with Gasteiger partial charge in [0, 0.05) is 24.3 Å². The van der Waals surface area contributed by atoms with E-state index < -0.39 is 5.51 Å². The molecular formula is C9H16F3NOS. The summed E-state index contributed by atoms with van der Waals surface area (Å²) in [6, 6.07) is 0. The zero-order valence-electron chi connectivity index (χ0n) is 8.48. The fourth-order valence-electron chi connectivity index (χ4n) is 1.75. The van der Waals surface area contributed by atoms with Crippen LogP contribution in [0.3, 0.4) is 0 Å². The van der Waals surface area contributed by atoms with Gasteiger partial charge in [0.05, 0.1) is 6.61 Å². The standard InChI is InChI=1S/C9H16F3NOS/c10-9(11,12)15-5-3-8(6-13)2-1-4-14-7-8/h1-7,13H2. The highest BCUT2D eigenvalue weighted by atomic mass is 32.2. The number of hydrogen-bond donors (Lipinski definition) is 1. The molecule has 1 unspecified atom stereocenters. The van der Waals surface area contributed by atoms with Crippen molar-refractivity contribution in [3.05, 3.63) is 0 Å². The smallest absolute Gasteiger partial charge is 0.381 e. The molecule has 1 aliphatic heterocycles. The van der Waals surface area contributed by atoms with Crippen molar-refractivity contribution in [2.75, 3.05) is 25.5 Å². The molecule has 0 saturated carbocycles. The minimum absolute atomic E-state index is 0.0300. The van der Waals surface area contributed by atoms with E-state index in [1.54, 1.807) is 0 Å². The molecular weight excluding hydrogens is 227 g/mol. The predicted octanol–water partition coefficient (Wildman–Crippen LogP) is 2.39. The number of rotatable bonds is 4. The minimum Gasteiger partial charge on any atom is -0.381 e. The average molecular weight is 243 g/mol. The summed E-state index contributed by atoms with van der Waals surface area (Å²) >= 11 is 0.0300. The molecule has 2 nitrogen and oxygen atoms in total. The van der Waals surface area contributed by atoms with Crippen LogP contribution in [0.25, 0.3) is 0 Å². The van der Waals surface area contributed by atoms with Gasteiger partial charge in [-0.05, 0) is 19.3 Å². The number of ether oxygens (including phenoxy) is 1. The second-order valence-electron chi connectivity index (χ2n) is 3.90. The third-order valence-corrected chi connectivity index (χ3v) is 3.47. The third-order valence-electron chi connectivity index (χ3n) is 2.74. The Morgan fingerprint density at radius 2 is 2.13 bits per heavy atom. The van der Waals surface area contributed by atoms with Gasteiger partial charge in [0.2, 0.25) is 0 Å². The minimum atomic E-state index is -4.13. The number of hydrogen-bond acceptors (Lipinski definition) is 3. The Morgan fingerprint density at radius 1 is 1.40 bits per heavy atom. The van der Waals surface area contributed by atoms with Gasteiger partial charge >= 0.3 is 5.51 Å². The van der Waals surface area contributed by atoms with E-state index in [-0.39, 0.29) is 22.9 Å². The Hall–Kier alpha value is 0.0600. The van der Waals surface area contributed by atoms with E-state index in [1.165, 1.54) is 0 Å². The normalized spacial score (nSPS) is 28.0. The van der Waals surface area contributed by atoms with Crippen LogP contribution in [-0.2, 0) is 4.74 Å². The maximum absolute atomic E-state index is 11.9. The summed E-state index contributed by atoms with van der Waals surface area (Å²) in [4.78, 5) is 0. The molecule has 0 bridgehead atoms. The van der Waals surface area contributed by atoms with Gasteiger partial charge < -0.3 is 10.5 Å². The molecule has 0 amide bonds. The molecule has 0 aromatic carbocycles. The largest absolute Gasteiger partial charge is 0.441 e. The van der Waals surface area contributed by atoms with Crippen molar-refractivity contribution >= 4 is 11.8 Å². The Kier molecular flexibility index (Phi) is 4.73. The first kappa shape index (κ1) is 13.1. The topological polar surface area (TPSA) is 35.2 Å². The summed E-state index contributed by atoms with van der Waals surface area (Å²) in [7, 11) is 0. The molecule has 1 rings (SSSR count). The van der Waals surface area contributed by atoms with Crippen LogP contribution in [0.5, 0.6) is 0 Å². The van der Waals surface area contributed by atoms with Crippen molar-refractivity contribution in [1.29, 1.82) is 0 Å². The summed E-state index contributed by atoms with van der Waals surface area (Å²) in [6.45, 7) is 1.61. The number of thioether (sulfide) groups is 1. The molecule has 2 N–H and O–H groups in total. The Bertz CT molecular complexity index is 192. The monoisotopic (exact) mass is 243 g/mol. The van der Waals surface area contributed by atoms with Gasteiger partial charge in [-0.2, -0.15) is 13.2 Å². The van der Waals surface area contributed by atoms with Crippen molar-refractivity contribution in [2.45, 2.75) is 24.8 Å². The predicted molar refractivity (Wildman–Crippen MR) is 54.7 cm³/mol. The van der Waals surface area contributed by atoms with E-state index in [4.69, 9.17) is 10.5 Å². The van der Waals surface area contributed by atoms with Gasteiger partial charge in [0.15, 0.2) is 0 Å². The lowest BCUT2D eigenvalue weighted by Crippen LogP contribution is -2.39. The van der Waals surface area contributed by atoms with Crippen LogP contribution in [-0.4, -0.2) is 31.0 Å². The van der Waals surface area contributed by atoms with Gasteiger partial charge in [-0.25, -0.2) is 0 Å².